The van der Waals surface area contributed by atoms with E-state index in [1.54, 1.807) is 18.2 Å². The number of rotatable bonds is 3. The fourth-order valence-electron chi connectivity index (χ4n) is 2.74. The third-order valence-corrected chi connectivity index (χ3v) is 3.75. The summed E-state index contributed by atoms with van der Waals surface area (Å²) in [6, 6.07) is 14.3. The highest BCUT2D eigenvalue weighted by molar-refractivity contribution is 6.33. The molecule has 5 nitrogen and oxygen atoms in total. The number of hydrogen-bond acceptors (Lipinski definition) is 3. The molecule has 0 aliphatic heterocycles. The molecule has 0 aliphatic rings. The van der Waals surface area contributed by atoms with Crippen molar-refractivity contribution in [3.05, 3.63) is 65.4 Å². The Labute approximate surface area is 140 Å². The van der Waals surface area contributed by atoms with Crippen LogP contribution in [-0.4, -0.2) is 24.4 Å². The van der Waals surface area contributed by atoms with Crippen molar-refractivity contribution < 1.29 is 14.3 Å². The lowest BCUT2D eigenvalue weighted by atomic mass is 9.93. The number of carbonyl (C=O) groups is 2. The van der Waals surface area contributed by atoms with Gasteiger partial charge in [-0.3, -0.25) is 4.79 Å². The number of fused-ring (bicyclic) bond motifs is 1. The monoisotopic (exact) mass is 318 g/mol. The van der Waals surface area contributed by atoms with Crippen LogP contribution in [0.15, 0.2) is 48.5 Å². The molecule has 0 saturated carbocycles. The largest absolute Gasteiger partial charge is 0.444 e. The van der Waals surface area contributed by atoms with E-state index in [0.717, 1.165) is 11.1 Å². The lowest BCUT2D eigenvalue weighted by Gasteiger charge is -2.10. The van der Waals surface area contributed by atoms with E-state index in [0.29, 0.717) is 16.4 Å². The summed E-state index contributed by atoms with van der Waals surface area (Å²) >= 11 is 0. The van der Waals surface area contributed by atoms with Crippen LogP contribution in [0.1, 0.15) is 21.6 Å². The second kappa shape index (κ2) is 6.24. The number of benzene rings is 2. The first-order valence-electron chi connectivity index (χ1n) is 7.40. The van der Waals surface area contributed by atoms with Gasteiger partial charge in [0.05, 0.1) is 5.52 Å². The van der Waals surface area contributed by atoms with E-state index in [9.17, 15) is 9.59 Å². The molecule has 2 aromatic carbocycles. The van der Waals surface area contributed by atoms with Crippen LogP contribution < -0.4 is 11.2 Å². The first-order valence-corrected chi connectivity index (χ1v) is 7.40. The van der Waals surface area contributed by atoms with Crippen LogP contribution in [-0.2, 0) is 11.3 Å². The van der Waals surface area contributed by atoms with Crippen LogP contribution in [0.4, 0.5) is 4.79 Å². The summed E-state index contributed by atoms with van der Waals surface area (Å²) in [5, 5.41) is 0.665. The van der Waals surface area contributed by atoms with Gasteiger partial charge in [-0.2, -0.15) is 0 Å². The zero-order chi connectivity index (χ0) is 17.3. The van der Waals surface area contributed by atoms with Crippen LogP contribution in [0.2, 0.25) is 0 Å². The van der Waals surface area contributed by atoms with Gasteiger partial charge in [0.15, 0.2) is 0 Å². The van der Waals surface area contributed by atoms with Gasteiger partial charge in [0.25, 0.3) is 5.91 Å². The Hall–Kier alpha value is -3.02. The predicted octanol–water partition coefficient (Wildman–Crippen LogP) is 2.03. The maximum absolute atomic E-state index is 12.6. The molecule has 0 bridgehead atoms. The smallest absolute Gasteiger partial charge is 0.419 e. The molecule has 1 amide bonds. The topological polar surface area (TPSA) is 74.3 Å². The minimum Gasteiger partial charge on any atom is -0.444 e. The molecular weight excluding hydrogens is 303 g/mol. The minimum atomic E-state index is -0.708. The van der Waals surface area contributed by atoms with Crippen molar-refractivity contribution in [1.82, 2.24) is 4.57 Å². The molecule has 2 radical (unpaired) electrons. The molecule has 24 heavy (non-hydrogen) atoms. The van der Waals surface area contributed by atoms with Gasteiger partial charge in [0.2, 0.25) is 0 Å². The molecule has 2 N–H and O–H groups in total. The molecule has 0 atom stereocenters. The average molecular weight is 318 g/mol. The summed E-state index contributed by atoms with van der Waals surface area (Å²) < 4.78 is 6.55. The molecule has 0 fully saturated rings. The second-order valence-corrected chi connectivity index (χ2v) is 5.55. The maximum Gasteiger partial charge on any atom is 0.419 e. The number of amides is 1. The van der Waals surface area contributed by atoms with Crippen LogP contribution >= 0.6 is 0 Å². The Morgan fingerprint density at radius 1 is 1.17 bits per heavy atom. The molecular formula is C18H15BN2O3. The molecule has 0 unspecified atom stereocenters. The van der Waals surface area contributed by atoms with Gasteiger partial charge < -0.3 is 10.5 Å². The second-order valence-electron chi connectivity index (χ2n) is 5.55. The van der Waals surface area contributed by atoms with Crippen molar-refractivity contribution in [1.29, 1.82) is 0 Å². The van der Waals surface area contributed by atoms with Crippen molar-refractivity contribution in [3.63, 3.8) is 0 Å². The molecule has 118 valence electrons. The first kappa shape index (κ1) is 15.9. The van der Waals surface area contributed by atoms with Gasteiger partial charge in [-0.1, -0.05) is 47.9 Å². The third kappa shape index (κ3) is 2.90. The summed E-state index contributed by atoms with van der Waals surface area (Å²) in [5.41, 5.74) is 8.20. The lowest BCUT2D eigenvalue weighted by Crippen LogP contribution is -2.23. The molecule has 1 aromatic heterocycles. The fourth-order valence-corrected chi connectivity index (χ4v) is 2.74. The van der Waals surface area contributed by atoms with E-state index < -0.39 is 12.0 Å². The lowest BCUT2D eigenvalue weighted by molar-refractivity contribution is 0.0984. The predicted molar refractivity (Wildman–Crippen MR) is 92.6 cm³/mol. The van der Waals surface area contributed by atoms with Crippen molar-refractivity contribution in [2.45, 2.75) is 13.5 Å². The van der Waals surface area contributed by atoms with E-state index in [1.807, 2.05) is 37.3 Å². The summed E-state index contributed by atoms with van der Waals surface area (Å²) in [7, 11) is 5.83. The quantitative estimate of drug-likeness (QED) is 0.751. The van der Waals surface area contributed by atoms with E-state index in [-0.39, 0.29) is 12.3 Å². The SMILES string of the molecule is [B]c1cc(C)c2c(c1)cc(C(N)=O)n2C(=O)OCc1ccccc1. The highest BCUT2D eigenvalue weighted by Gasteiger charge is 2.21. The highest BCUT2D eigenvalue weighted by Crippen LogP contribution is 2.23. The van der Waals surface area contributed by atoms with Crippen LogP contribution in [0.3, 0.4) is 0 Å². The average Bonchev–Trinajstić information content (AvgIpc) is 2.93. The molecule has 1 heterocycles. The van der Waals surface area contributed by atoms with Gasteiger partial charge in [-0.25, -0.2) is 9.36 Å². The number of ether oxygens (including phenoxy) is 1. The molecule has 0 aliphatic carbocycles. The maximum atomic E-state index is 12.6. The van der Waals surface area contributed by atoms with Crippen molar-refractivity contribution >= 4 is 36.2 Å². The fraction of sp³-hybridized carbons (Fsp3) is 0.111. The Morgan fingerprint density at radius 3 is 2.54 bits per heavy atom. The van der Waals surface area contributed by atoms with E-state index >= 15 is 0 Å². The van der Waals surface area contributed by atoms with E-state index in [4.69, 9.17) is 18.3 Å². The third-order valence-electron chi connectivity index (χ3n) is 3.75. The molecule has 3 rings (SSSR count). The van der Waals surface area contributed by atoms with E-state index in [1.165, 1.54) is 4.57 Å². The van der Waals surface area contributed by atoms with Gasteiger partial charge in [0.1, 0.15) is 20.1 Å². The Morgan fingerprint density at radius 2 is 1.88 bits per heavy atom. The van der Waals surface area contributed by atoms with Gasteiger partial charge >= 0.3 is 6.09 Å². The summed E-state index contributed by atoms with van der Waals surface area (Å²) in [6.45, 7) is 1.91. The van der Waals surface area contributed by atoms with Crippen LogP contribution in [0.25, 0.3) is 10.9 Å². The molecule has 6 heteroatoms. The summed E-state index contributed by atoms with van der Waals surface area (Å²) in [4.78, 5) is 24.3. The standard InChI is InChI=1S/C18H15BN2O3/c1-11-7-14(19)8-13-9-15(17(20)22)21(16(11)13)18(23)24-10-12-5-3-2-4-6-12/h2-9H,10H2,1H3,(H2,20,22). The molecule has 0 saturated heterocycles. The van der Waals surface area contributed by atoms with Crippen LogP contribution in [0, 0.1) is 6.92 Å². The number of nitrogens with zero attached hydrogens (tertiary/aromatic N) is 1. The van der Waals surface area contributed by atoms with Gasteiger partial charge in [-0.05, 0) is 24.1 Å². The zero-order valence-corrected chi connectivity index (χ0v) is 13.2. The number of hydrogen-bond donors (Lipinski definition) is 1. The number of aromatic nitrogens is 1. The van der Waals surface area contributed by atoms with E-state index in [2.05, 4.69) is 0 Å². The first-order chi connectivity index (χ1) is 11.5. The van der Waals surface area contributed by atoms with Crippen molar-refractivity contribution in [3.8, 4) is 0 Å². The number of aryl methyl sites for hydroxylation is 1. The minimum absolute atomic E-state index is 0.0664. The normalized spacial score (nSPS) is 10.7. The molecule has 3 aromatic rings. The van der Waals surface area contributed by atoms with Crippen molar-refractivity contribution in [2.75, 3.05) is 0 Å². The Bertz CT molecular complexity index is 932. The summed E-state index contributed by atoms with van der Waals surface area (Å²) in [5.74, 6) is -0.708. The Kier molecular flexibility index (Phi) is 4.12. The van der Waals surface area contributed by atoms with Gasteiger partial charge in [0, 0.05) is 5.39 Å². The van der Waals surface area contributed by atoms with Crippen molar-refractivity contribution in [2.24, 2.45) is 5.73 Å². The Balaban J connectivity index is 2.02. The van der Waals surface area contributed by atoms with Crippen LogP contribution in [0.5, 0.6) is 0 Å². The van der Waals surface area contributed by atoms with Gasteiger partial charge in [-0.15, -0.1) is 0 Å². The zero-order valence-electron chi connectivity index (χ0n) is 13.2. The number of nitrogens with two attached hydrogens (primary N) is 1. The number of carbonyl (C=O) groups excluding carboxylic acids is 2. The number of primary amides is 1. The highest BCUT2D eigenvalue weighted by atomic mass is 16.5. The summed E-state index contributed by atoms with van der Waals surface area (Å²) in [6.07, 6.45) is -0.657. The molecule has 0 spiro atoms.